The molecule has 4 nitrogen and oxygen atoms in total. The van der Waals surface area contributed by atoms with Gasteiger partial charge in [-0.1, -0.05) is 26.0 Å². The number of methoxy groups -OCH3 is 1. The third kappa shape index (κ3) is 3.75. The fraction of sp³-hybridized carbons (Fsp3) is 0.462. The van der Waals surface area contributed by atoms with E-state index in [1.165, 1.54) is 0 Å². The van der Waals surface area contributed by atoms with Crippen LogP contribution in [-0.4, -0.2) is 24.7 Å². The van der Waals surface area contributed by atoms with Gasteiger partial charge in [0.2, 0.25) is 5.91 Å². The van der Waals surface area contributed by atoms with Crippen LogP contribution in [-0.2, 0) is 11.3 Å². The van der Waals surface area contributed by atoms with Gasteiger partial charge in [-0.05, 0) is 23.1 Å². The predicted octanol–water partition coefficient (Wildman–Crippen LogP) is 1.43. The first-order valence-electron chi connectivity index (χ1n) is 5.62. The van der Waals surface area contributed by atoms with Crippen molar-refractivity contribution in [2.24, 2.45) is 0 Å². The van der Waals surface area contributed by atoms with Crippen LogP contribution in [0.4, 0.5) is 0 Å². The number of aliphatic hydroxyl groups excluding tert-OH is 1. The highest BCUT2D eigenvalue weighted by atomic mass is 16.5. The van der Waals surface area contributed by atoms with Gasteiger partial charge in [0.25, 0.3) is 0 Å². The molecule has 1 amide bonds. The molecule has 0 fully saturated rings. The van der Waals surface area contributed by atoms with Crippen molar-refractivity contribution in [2.75, 3.05) is 13.7 Å². The summed E-state index contributed by atoms with van der Waals surface area (Å²) in [5.41, 5.74) is 2.11. The summed E-state index contributed by atoms with van der Waals surface area (Å²) in [5, 5.41) is 11.2. The van der Waals surface area contributed by atoms with Gasteiger partial charge in [0.05, 0.1) is 7.11 Å². The van der Waals surface area contributed by atoms with Gasteiger partial charge in [-0.25, -0.2) is 0 Å². The minimum atomic E-state index is -0.479. The highest BCUT2D eigenvalue weighted by Crippen LogP contribution is 2.27. The SMILES string of the molecule is COc1ccc(CNC(=O)CO)cc1C(C)C. The smallest absolute Gasteiger partial charge is 0.245 e. The zero-order chi connectivity index (χ0) is 12.8. The summed E-state index contributed by atoms with van der Waals surface area (Å²) in [4.78, 5) is 10.9. The van der Waals surface area contributed by atoms with Crippen molar-refractivity contribution >= 4 is 5.91 Å². The normalized spacial score (nSPS) is 10.4. The number of nitrogens with one attached hydrogen (secondary N) is 1. The zero-order valence-electron chi connectivity index (χ0n) is 10.5. The molecular formula is C13H19NO3. The molecule has 1 aromatic rings. The summed E-state index contributed by atoms with van der Waals surface area (Å²) < 4.78 is 5.28. The summed E-state index contributed by atoms with van der Waals surface area (Å²) in [5.74, 6) is 0.850. The van der Waals surface area contributed by atoms with Crippen molar-refractivity contribution in [3.63, 3.8) is 0 Å². The van der Waals surface area contributed by atoms with Crippen LogP contribution in [0.3, 0.4) is 0 Å². The molecule has 0 aliphatic heterocycles. The molecule has 17 heavy (non-hydrogen) atoms. The largest absolute Gasteiger partial charge is 0.496 e. The third-order valence-corrected chi connectivity index (χ3v) is 2.55. The van der Waals surface area contributed by atoms with E-state index in [1.54, 1.807) is 7.11 Å². The lowest BCUT2D eigenvalue weighted by Crippen LogP contribution is -2.25. The summed E-state index contributed by atoms with van der Waals surface area (Å²) in [6.45, 7) is 4.12. The Morgan fingerprint density at radius 3 is 2.71 bits per heavy atom. The lowest BCUT2D eigenvalue weighted by atomic mass is 9.99. The molecule has 0 saturated carbocycles. The molecule has 2 N–H and O–H groups in total. The molecule has 0 aliphatic carbocycles. The molecular weight excluding hydrogens is 218 g/mol. The van der Waals surface area contributed by atoms with Crippen molar-refractivity contribution in [3.05, 3.63) is 29.3 Å². The fourth-order valence-corrected chi connectivity index (χ4v) is 1.60. The first kappa shape index (κ1) is 13.5. The Bertz CT molecular complexity index is 388. The van der Waals surface area contributed by atoms with Crippen molar-refractivity contribution in [3.8, 4) is 5.75 Å². The molecule has 0 aromatic heterocycles. The summed E-state index contributed by atoms with van der Waals surface area (Å²) in [6, 6.07) is 5.82. The number of benzene rings is 1. The van der Waals surface area contributed by atoms with Crippen molar-refractivity contribution < 1.29 is 14.6 Å². The van der Waals surface area contributed by atoms with Crippen LogP contribution in [0.5, 0.6) is 5.75 Å². The molecule has 0 radical (unpaired) electrons. The van der Waals surface area contributed by atoms with Gasteiger partial charge in [-0.15, -0.1) is 0 Å². The molecule has 0 aliphatic rings. The van der Waals surface area contributed by atoms with Crippen LogP contribution in [0.15, 0.2) is 18.2 Å². The van der Waals surface area contributed by atoms with E-state index in [2.05, 4.69) is 19.2 Å². The van der Waals surface area contributed by atoms with E-state index in [9.17, 15) is 4.79 Å². The van der Waals surface area contributed by atoms with Gasteiger partial charge in [-0.3, -0.25) is 4.79 Å². The highest BCUT2D eigenvalue weighted by molar-refractivity contribution is 5.76. The molecule has 4 heteroatoms. The maximum absolute atomic E-state index is 10.9. The minimum Gasteiger partial charge on any atom is -0.496 e. The average molecular weight is 237 g/mol. The Morgan fingerprint density at radius 1 is 1.47 bits per heavy atom. The Hall–Kier alpha value is -1.55. The molecule has 0 spiro atoms. The van der Waals surface area contributed by atoms with Gasteiger partial charge >= 0.3 is 0 Å². The number of amides is 1. The summed E-state index contributed by atoms with van der Waals surface area (Å²) >= 11 is 0. The van der Waals surface area contributed by atoms with E-state index in [0.717, 1.165) is 16.9 Å². The molecule has 0 atom stereocenters. The van der Waals surface area contributed by atoms with Crippen LogP contribution >= 0.6 is 0 Å². The second-order valence-corrected chi connectivity index (χ2v) is 4.17. The van der Waals surface area contributed by atoms with Crippen LogP contribution < -0.4 is 10.1 Å². The monoisotopic (exact) mass is 237 g/mol. The van der Waals surface area contributed by atoms with Gasteiger partial charge in [0.1, 0.15) is 12.4 Å². The van der Waals surface area contributed by atoms with Gasteiger partial charge in [0, 0.05) is 6.54 Å². The molecule has 1 aromatic carbocycles. The lowest BCUT2D eigenvalue weighted by Gasteiger charge is -2.13. The quantitative estimate of drug-likeness (QED) is 0.814. The summed E-state index contributed by atoms with van der Waals surface area (Å²) in [7, 11) is 1.65. The second kappa shape index (κ2) is 6.25. The number of carbonyl (C=O) groups excluding carboxylic acids is 1. The lowest BCUT2D eigenvalue weighted by molar-refractivity contribution is -0.123. The third-order valence-electron chi connectivity index (χ3n) is 2.55. The van der Waals surface area contributed by atoms with E-state index < -0.39 is 6.61 Å². The standard InChI is InChI=1S/C13H19NO3/c1-9(2)11-6-10(4-5-12(11)17-3)7-14-13(16)8-15/h4-6,9,15H,7-8H2,1-3H3,(H,14,16). The van der Waals surface area contributed by atoms with Gasteiger partial charge in [0.15, 0.2) is 0 Å². The molecule has 94 valence electrons. The Labute approximate surface area is 102 Å². The average Bonchev–Trinajstić information content (AvgIpc) is 2.35. The number of ether oxygens (including phenoxy) is 1. The summed E-state index contributed by atoms with van der Waals surface area (Å²) in [6.07, 6.45) is 0. The number of hydrogen-bond acceptors (Lipinski definition) is 3. The Kier molecular flexibility index (Phi) is 4.97. The van der Waals surface area contributed by atoms with E-state index in [-0.39, 0.29) is 5.91 Å². The predicted molar refractivity (Wildman–Crippen MR) is 66.0 cm³/mol. The maximum atomic E-state index is 10.9. The minimum absolute atomic E-state index is 0.360. The fourth-order valence-electron chi connectivity index (χ4n) is 1.60. The van der Waals surface area contributed by atoms with Crippen LogP contribution in [0.25, 0.3) is 0 Å². The molecule has 0 saturated heterocycles. The second-order valence-electron chi connectivity index (χ2n) is 4.17. The Balaban J connectivity index is 2.81. The van der Waals surface area contributed by atoms with Crippen LogP contribution in [0, 0.1) is 0 Å². The van der Waals surface area contributed by atoms with Gasteiger partial charge < -0.3 is 15.2 Å². The van der Waals surface area contributed by atoms with Crippen molar-refractivity contribution in [2.45, 2.75) is 26.3 Å². The van der Waals surface area contributed by atoms with E-state index in [4.69, 9.17) is 9.84 Å². The highest BCUT2D eigenvalue weighted by Gasteiger charge is 2.08. The van der Waals surface area contributed by atoms with Crippen LogP contribution in [0.2, 0.25) is 0 Å². The maximum Gasteiger partial charge on any atom is 0.245 e. The van der Waals surface area contributed by atoms with E-state index in [0.29, 0.717) is 12.5 Å². The first-order valence-corrected chi connectivity index (χ1v) is 5.62. The number of carbonyl (C=O) groups is 1. The zero-order valence-corrected chi connectivity index (χ0v) is 10.5. The molecule has 0 bridgehead atoms. The van der Waals surface area contributed by atoms with Gasteiger partial charge in [-0.2, -0.15) is 0 Å². The van der Waals surface area contributed by atoms with E-state index >= 15 is 0 Å². The number of hydrogen-bond donors (Lipinski definition) is 2. The first-order chi connectivity index (χ1) is 8.08. The Morgan fingerprint density at radius 2 is 2.18 bits per heavy atom. The number of rotatable bonds is 5. The van der Waals surface area contributed by atoms with E-state index in [1.807, 2.05) is 18.2 Å². The molecule has 1 rings (SSSR count). The molecule has 0 unspecified atom stereocenters. The van der Waals surface area contributed by atoms with Crippen molar-refractivity contribution in [1.29, 1.82) is 0 Å². The number of aliphatic hydroxyl groups is 1. The topological polar surface area (TPSA) is 58.6 Å². The molecule has 0 heterocycles. The van der Waals surface area contributed by atoms with Crippen molar-refractivity contribution in [1.82, 2.24) is 5.32 Å². The van der Waals surface area contributed by atoms with Crippen LogP contribution in [0.1, 0.15) is 30.9 Å².